The highest BCUT2D eigenvalue weighted by Crippen LogP contribution is 2.37. The highest BCUT2D eigenvalue weighted by atomic mass is 32.2. The van der Waals surface area contributed by atoms with Gasteiger partial charge in [0.25, 0.3) is 0 Å². The van der Waals surface area contributed by atoms with Crippen LogP contribution in [0.4, 0.5) is 0 Å². The number of hydrogen-bond acceptors (Lipinski definition) is 6. The molecule has 0 heterocycles. The standard InChI is InChI=1S/C17H26O6S/c1-12-7-9-13(10-8-12)24(19,20)17(2,3)14(11-15(18)21-4)16(22-5)23-6/h7-10,14,16H,11H2,1-6H3. The first kappa shape index (κ1) is 20.6. The fraction of sp³-hybridized carbons (Fsp3) is 0.588. The van der Waals surface area contributed by atoms with Crippen LogP contribution in [0.1, 0.15) is 25.8 Å². The summed E-state index contributed by atoms with van der Waals surface area (Å²) in [5.41, 5.74) is 0.963. The first-order valence-corrected chi connectivity index (χ1v) is 9.03. The van der Waals surface area contributed by atoms with E-state index in [0.717, 1.165) is 5.56 Å². The summed E-state index contributed by atoms with van der Waals surface area (Å²) in [6.45, 7) is 5.02. The molecule has 1 aromatic carbocycles. The number of carbonyl (C=O) groups excluding carboxylic acids is 1. The minimum absolute atomic E-state index is 0.138. The second kappa shape index (κ2) is 8.09. The zero-order chi connectivity index (χ0) is 18.5. The first-order chi connectivity index (χ1) is 11.1. The molecule has 136 valence electrons. The van der Waals surface area contributed by atoms with E-state index < -0.39 is 32.8 Å². The van der Waals surface area contributed by atoms with Crippen molar-refractivity contribution in [3.05, 3.63) is 29.8 Å². The maximum absolute atomic E-state index is 13.1. The summed E-state index contributed by atoms with van der Waals surface area (Å²) in [7, 11) is 0.338. The van der Waals surface area contributed by atoms with Crippen LogP contribution in [0.2, 0.25) is 0 Å². The average molecular weight is 358 g/mol. The summed E-state index contributed by atoms with van der Waals surface area (Å²) in [4.78, 5) is 12.0. The topological polar surface area (TPSA) is 78.9 Å². The number of methoxy groups -OCH3 is 3. The Kier molecular flexibility index (Phi) is 6.95. The smallest absolute Gasteiger partial charge is 0.306 e. The third-order valence-electron chi connectivity index (χ3n) is 4.32. The lowest BCUT2D eigenvalue weighted by Crippen LogP contribution is -2.48. The Morgan fingerprint density at radius 1 is 1.08 bits per heavy atom. The van der Waals surface area contributed by atoms with E-state index in [9.17, 15) is 13.2 Å². The Hall–Kier alpha value is -1.44. The van der Waals surface area contributed by atoms with E-state index >= 15 is 0 Å². The molecule has 0 N–H and O–H groups in total. The van der Waals surface area contributed by atoms with Gasteiger partial charge in [-0.25, -0.2) is 8.42 Å². The van der Waals surface area contributed by atoms with Crippen LogP contribution in [0.25, 0.3) is 0 Å². The summed E-state index contributed by atoms with van der Waals surface area (Å²) >= 11 is 0. The van der Waals surface area contributed by atoms with E-state index in [2.05, 4.69) is 0 Å². The predicted molar refractivity (Wildman–Crippen MR) is 90.4 cm³/mol. The lowest BCUT2D eigenvalue weighted by Gasteiger charge is -2.37. The van der Waals surface area contributed by atoms with Crippen LogP contribution in [-0.2, 0) is 28.8 Å². The van der Waals surface area contributed by atoms with Gasteiger partial charge >= 0.3 is 5.97 Å². The Morgan fingerprint density at radius 3 is 2.00 bits per heavy atom. The van der Waals surface area contributed by atoms with Crippen molar-refractivity contribution in [2.75, 3.05) is 21.3 Å². The molecule has 0 aliphatic heterocycles. The van der Waals surface area contributed by atoms with E-state index in [1.165, 1.54) is 21.3 Å². The molecule has 0 fully saturated rings. The maximum atomic E-state index is 13.1. The first-order valence-electron chi connectivity index (χ1n) is 7.55. The van der Waals surface area contributed by atoms with Crippen molar-refractivity contribution in [2.24, 2.45) is 5.92 Å². The molecule has 24 heavy (non-hydrogen) atoms. The van der Waals surface area contributed by atoms with E-state index in [1.807, 2.05) is 6.92 Å². The SMILES string of the molecule is COC(=O)CC(C(OC)OC)C(C)(C)S(=O)(=O)c1ccc(C)cc1. The summed E-state index contributed by atoms with van der Waals surface area (Å²) in [5, 5.41) is 0. The van der Waals surface area contributed by atoms with Gasteiger partial charge in [0, 0.05) is 20.1 Å². The van der Waals surface area contributed by atoms with Crippen LogP contribution in [0.3, 0.4) is 0 Å². The van der Waals surface area contributed by atoms with Crippen LogP contribution >= 0.6 is 0 Å². The molecule has 1 aromatic rings. The predicted octanol–water partition coefficient (Wildman–Crippen LogP) is 2.35. The molecule has 0 aromatic heterocycles. The average Bonchev–Trinajstić information content (AvgIpc) is 2.54. The molecular weight excluding hydrogens is 332 g/mol. The van der Waals surface area contributed by atoms with Gasteiger partial charge in [-0.2, -0.15) is 0 Å². The molecule has 0 spiro atoms. The van der Waals surface area contributed by atoms with Crippen molar-refractivity contribution in [1.29, 1.82) is 0 Å². The molecule has 6 nitrogen and oxygen atoms in total. The zero-order valence-corrected chi connectivity index (χ0v) is 15.8. The largest absolute Gasteiger partial charge is 0.469 e. The molecule has 0 aliphatic carbocycles. The second-order valence-corrected chi connectivity index (χ2v) is 8.68. The number of ether oxygens (including phenoxy) is 3. The van der Waals surface area contributed by atoms with Gasteiger partial charge in [-0.05, 0) is 32.9 Å². The van der Waals surface area contributed by atoms with Crippen molar-refractivity contribution >= 4 is 15.8 Å². The van der Waals surface area contributed by atoms with E-state index in [4.69, 9.17) is 14.2 Å². The van der Waals surface area contributed by atoms with Gasteiger partial charge in [0.15, 0.2) is 16.1 Å². The van der Waals surface area contributed by atoms with Crippen LogP contribution < -0.4 is 0 Å². The lowest BCUT2D eigenvalue weighted by atomic mass is 9.90. The highest BCUT2D eigenvalue weighted by Gasteiger charge is 2.47. The van der Waals surface area contributed by atoms with Crippen LogP contribution in [-0.4, -0.2) is 46.8 Å². The van der Waals surface area contributed by atoms with Gasteiger partial charge in [0.2, 0.25) is 0 Å². The molecular formula is C17H26O6S. The number of carbonyl (C=O) groups is 1. The van der Waals surface area contributed by atoms with Crippen molar-refractivity contribution in [3.8, 4) is 0 Å². The third kappa shape index (κ3) is 4.15. The quantitative estimate of drug-likeness (QED) is 0.524. The number of benzene rings is 1. The Bertz CT molecular complexity index is 644. The Morgan fingerprint density at radius 2 is 1.58 bits per heavy atom. The normalized spacial score (nSPS) is 13.8. The van der Waals surface area contributed by atoms with E-state index in [-0.39, 0.29) is 11.3 Å². The fourth-order valence-electron chi connectivity index (χ4n) is 2.58. The molecule has 0 amide bonds. The second-order valence-electron chi connectivity index (χ2n) is 6.15. The molecule has 0 bridgehead atoms. The van der Waals surface area contributed by atoms with Gasteiger partial charge < -0.3 is 14.2 Å². The van der Waals surface area contributed by atoms with Crippen LogP contribution in [0.5, 0.6) is 0 Å². The zero-order valence-electron chi connectivity index (χ0n) is 15.0. The molecule has 0 aliphatic rings. The van der Waals surface area contributed by atoms with Gasteiger partial charge in [0.1, 0.15) is 0 Å². The molecule has 7 heteroatoms. The summed E-state index contributed by atoms with van der Waals surface area (Å²) in [6, 6.07) is 6.61. The fourth-order valence-corrected chi connectivity index (χ4v) is 4.27. The van der Waals surface area contributed by atoms with Crippen LogP contribution in [0.15, 0.2) is 29.2 Å². The Balaban J connectivity index is 3.36. The molecule has 0 radical (unpaired) electrons. The van der Waals surface area contributed by atoms with E-state index in [1.54, 1.807) is 38.1 Å². The molecule has 0 saturated carbocycles. The third-order valence-corrected chi connectivity index (χ3v) is 6.90. The maximum Gasteiger partial charge on any atom is 0.306 e. The van der Waals surface area contributed by atoms with Gasteiger partial charge in [0.05, 0.1) is 23.2 Å². The number of sulfone groups is 1. The highest BCUT2D eigenvalue weighted by molar-refractivity contribution is 7.92. The van der Waals surface area contributed by atoms with Crippen molar-refractivity contribution in [2.45, 2.75) is 43.1 Å². The minimum Gasteiger partial charge on any atom is -0.469 e. The lowest BCUT2D eigenvalue weighted by molar-refractivity contribution is -0.161. The Labute approximate surface area is 144 Å². The van der Waals surface area contributed by atoms with Gasteiger partial charge in [-0.3, -0.25) is 4.79 Å². The number of rotatable bonds is 8. The van der Waals surface area contributed by atoms with E-state index in [0.29, 0.717) is 0 Å². The number of hydrogen-bond donors (Lipinski definition) is 0. The summed E-state index contributed by atoms with van der Waals surface area (Å²) < 4.78 is 40.2. The number of aryl methyl sites for hydroxylation is 1. The van der Waals surface area contributed by atoms with Gasteiger partial charge in [-0.15, -0.1) is 0 Å². The van der Waals surface area contributed by atoms with Gasteiger partial charge in [-0.1, -0.05) is 17.7 Å². The molecule has 0 saturated heterocycles. The molecule has 1 atom stereocenters. The molecule has 1 unspecified atom stereocenters. The minimum atomic E-state index is -3.74. The van der Waals surface area contributed by atoms with Crippen molar-refractivity contribution < 1.29 is 27.4 Å². The molecule has 1 rings (SSSR count). The van der Waals surface area contributed by atoms with Crippen molar-refractivity contribution in [1.82, 2.24) is 0 Å². The number of esters is 1. The van der Waals surface area contributed by atoms with Crippen LogP contribution in [0, 0.1) is 12.8 Å². The monoisotopic (exact) mass is 358 g/mol. The summed E-state index contributed by atoms with van der Waals surface area (Å²) in [5.74, 6) is -1.27. The summed E-state index contributed by atoms with van der Waals surface area (Å²) in [6.07, 6.45) is -1.000. The van der Waals surface area contributed by atoms with Crippen molar-refractivity contribution in [3.63, 3.8) is 0 Å².